The van der Waals surface area contributed by atoms with Crippen molar-refractivity contribution >= 4 is 23.1 Å². The lowest BCUT2D eigenvalue weighted by Crippen LogP contribution is -2.10. The average molecular weight is 213 g/mol. The number of nitrogens with zero attached hydrogens (tertiary/aromatic N) is 1. The van der Waals surface area contributed by atoms with Gasteiger partial charge in [0.1, 0.15) is 0 Å². The monoisotopic (exact) mass is 213 g/mol. The molecule has 1 unspecified atom stereocenters. The molecule has 0 bridgehead atoms. The number of hydrogen-bond donors (Lipinski definition) is 1. The highest BCUT2D eigenvalue weighted by molar-refractivity contribution is 7.11. The second kappa shape index (κ2) is 4.32. The van der Waals surface area contributed by atoms with E-state index >= 15 is 0 Å². The van der Waals surface area contributed by atoms with Crippen molar-refractivity contribution in [2.24, 2.45) is 5.92 Å². The highest BCUT2D eigenvalue weighted by Crippen LogP contribution is 2.16. The first-order chi connectivity index (χ1) is 6.56. The van der Waals surface area contributed by atoms with Gasteiger partial charge in [-0.15, -0.1) is 11.3 Å². The summed E-state index contributed by atoms with van der Waals surface area (Å²) in [6, 6.07) is 0. The molecule has 1 heterocycles. The van der Waals surface area contributed by atoms with E-state index in [1.165, 1.54) is 5.38 Å². The summed E-state index contributed by atoms with van der Waals surface area (Å²) in [5.41, 5.74) is -0.0540. The number of carboxylic acids is 1. The molecule has 0 saturated heterocycles. The third-order valence-electron chi connectivity index (χ3n) is 1.99. The van der Waals surface area contributed by atoms with Crippen LogP contribution in [0.15, 0.2) is 5.38 Å². The van der Waals surface area contributed by atoms with Crippen LogP contribution in [0.25, 0.3) is 0 Å². The first-order valence-corrected chi connectivity index (χ1v) is 5.17. The zero-order valence-corrected chi connectivity index (χ0v) is 8.80. The highest BCUT2D eigenvalue weighted by atomic mass is 32.1. The molecule has 0 radical (unpaired) electrons. The molecule has 0 saturated carbocycles. The lowest BCUT2D eigenvalue weighted by Gasteiger charge is -2.02. The van der Waals surface area contributed by atoms with Gasteiger partial charge in [-0.3, -0.25) is 4.79 Å². The Morgan fingerprint density at radius 3 is 2.71 bits per heavy atom. The van der Waals surface area contributed by atoms with Crippen molar-refractivity contribution in [2.75, 3.05) is 0 Å². The number of ketones is 1. The van der Waals surface area contributed by atoms with Gasteiger partial charge in [0, 0.05) is 11.3 Å². The molecule has 4 nitrogen and oxygen atoms in total. The number of Topliss-reactive ketones (excluding diaryl/α,β-unsaturated/α-hetero) is 1. The van der Waals surface area contributed by atoms with Crippen molar-refractivity contribution in [2.45, 2.75) is 20.3 Å². The molecule has 1 rings (SSSR count). The number of aromatic nitrogens is 1. The summed E-state index contributed by atoms with van der Waals surface area (Å²) in [7, 11) is 0. The van der Waals surface area contributed by atoms with Crippen LogP contribution in [0.4, 0.5) is 0 Å². The molecule has 0 aliphatic carbocycles. The summed E-state index contributed by atoms with van der Waals surface area (Å²) in [4.78, 5) is 25.8. The van der Waals surface area contributed by atoms with Crippen LogP contribution in [0.1, 0.15) is 40.6 Å². The zero-order chi connectivity index (χ0) is 10.7. The van der Waals surface area contributed by atoms with Gasteiger partial charge >= 0.3 is 5.97 Å². The minimum Gasteiger partial charge on any atom is -0.476 e. The fraction of sp³-hybridized carbons (Fsp3) is 0.444. The SMILES string of the molecule is CCC(C)C(=O)c1nc(C(=O)O)cs1. The zero-order valence-electron chi connectivity index (χ0n) is 7.98. The summed E-state index contributed by atoms with van der Waals surface area (Å²) < 4.78 is 0. The Kier molecular flexibility index (Phi) is 3.35. The highest BCUT2D eigenvalue weighted by Gasteiger charge is 2.18. The van der Waals surface area contributed by atoms with Crippen LogP contribution in [-0.4, -0.2) is 21.8 Å². The van der Waals surface area contributed by atoms with Crippen LogP contribution in [0.3, 0.4) is 0 Å². The fourth-order valence-electron chi connectivity index (χ4n) is 0.881. The van der Waals surface area contributed by atoms with Crippen molar-refractivity contribution in [1.82, 2.24) is 4.98 Å². The van der Waals surface area contributed by atoms with E-state index in [0.29, 0.717) is 0 Å². The average Bonchev–Trinajstić information content (AvgIpc) is 2.64. The molecule has 1 atom stereocenters. The van der Waals surface area contributed by atoms with E-state index in [1.807, 2.05) is 13.8 Å². The Hall–Kier alpha value is -1.23. The topological polar surface area (TPSA) is 67.3 Å². The van der Waals surface area contributed by atoms with Crippen LogP contribution >= 0.6 is 11.3 Å². The predicted octanol–water partition coefficient (Wildman–Crippen LogP) is 2.07. The van der Waals surface area contributed by atoms with Crippen LogP contribution in [0.5, 0.6) is 0 Å². The number of carboxylic acid groups (broad SMARTS) is 1. The quantitative estimate of drug-likeness (QED) is 0.777. The molecule has 5 heteroatoms. The van der Waals surface area contributed by atoms with Crippen molar-refractivity contribution in [3.63, 3.8) is 0 Å². The van der Waals surface area contributed by atoms with Gasteiger partial charge in [0.05, 0.1) is 0 Å². The fourth-order valence-corrected chi connectivity index (χ4v) is 1.73. The van der Waals surface area contributed by atoms with Gasteiger partial charge in [0.2, 0.25) is 0 Å². The van der Waals surface area contributed by atoms with Crippen molar-refractivity contribution in [1.29, 1.82) is 0 Å². The van der Waals surface area contributed by atoms with Gasteiger partial charge in [-0.25, -0.2) is 9.78 Å². The normalized spacial score (nSPS) is 12.4. The van der Waals surface area contributed by atoms with E-state index in [-0.39, 0.29) is 22.4 Å². The van der Waals surface area contributed by atoms with Gasteiger partial charge in [0.15, 0.2) is 16.5 Å². The Balaban J connectivity index is 2.87. The minimum atomic E-state index is -1.09. The number of thiazole rings is 1. The molecular formula is C9H11NO3S. The van der Waals surface area contributed by atoms with E-state index in [1.54, 1.807) is 0 Å². The maximum atomic E-state index is 11.6. The van der Waals surface area contributed by atoms with E-state index in [2.05, 4.69) is 4.98 Å². The molecule has 14 heavy (non-hydrogen) atoms. The van der Waals surface area contributed by atoms with E-state index in [0.717, 1.165) is 17.8 Å². The Labute approximate surface area is 85.6 Å². The third kappa shape index (κ3) is 2.17. The Morgan fingerprint density at radius 2 is 2.29 bits per heavy atom. The van der Waals surface area contributed by atoms with Gasteiger partial charge in [0.25, 0.3) is 0 Å². The minimum absolute atomic E-state index is 0.0540. The Bertz CT molecular complexity index is 359. The van der Waals surface area contributed by atoms with Crippen molar-refractivity contribution < 1.29 is 14.7 Å². The number of hydrogen-bond acceptors (Lipinski definition) is 4. The lowest BCUT2D eigenvalue weighted by molar-refractivity contribution is 0.0691. The summed E-state index contributed by atoms with van der Waals surface area (Å²) in [6.45, 7) is 3.72. The summed E-state index contributed by atoms with van der Waals surface area (Å²) in [5, 5.41) is 10.3. The van der Waals surface area contributed by atoms with Gasteiger partial charge < -0.3 is 5.11 Å². The summed E-state index contributed by atoms with van der Waals surface area (Å²) >= 11 is 1.09. The molecule has 0 aromatic carbocycles. The van der Waals surface area contributed by atoms with Crippen molar-refractivity contribution in [3.8, 4) is 0 Å². The van der Waals surface area contributed by atoms with Crippen molar-refractivity contribution in [3.05, 3.63) is 16.1 Å². The molecule has 1 aromatic heterocycles. The largest absolute Gasteiger partial charge is 0.476 e. The molecular weight excluding hydrogens is 202 g/mol. The Morgan fingerprint density at radius 1 is 1.64 bits per heavy atom. The molecule has 0 spiro atoms. The summed E-state index contributed by atoms with van der Waals surface area (Å²) in [6.07, 6.45) is 0.737. The standard InChI is InChI=1S/C9H11NO3S/c1-3-5(2)7(11)8-10-6(4-14-8)9(12)13/h4-5H,3H2,1-2H3,(H,12,13). The predicted molar refractivity (Wildman–Crippen MR) is 52.9 cm³/mol. The smallest absolute Gasteiger partial charge is 0.355 e. The molecule has 1 N–H and O–H groups in total. The van der Waals surface area contributed by atoms with Crippen LogP contribution < -0.4 is 0 Å². The molecule has 0 aliphatic rings. The van der Waals surface area contributed by atoms with Crippen LogP contribution in [0.2, 0.25) is 0 Å². The molecule has 1 aromatic rings. The number of carbonyl (C=O) groups excluding carboxylic acids is 1. The first-order valence-electron chi connectivity index (χ1n) is 4.29. The molecule has 76 valence electrons. The first kappa shape index (κ1) is 10.8. The molecule has 0 fully saturated rings. The van der Waals surface area contributed by atoms with Gasteiger partial charge in [-0.05, 0) is 6.42 Å². The third-order valence-corrected chi connectivity index (χ3v) is 2.85. The maximum Gasteiger partial charge on any atom is 0.355 e. The van der Waals surface area contributed by atoms with Crippen LogP contribution in [-0.2, 0) is 0 Å². The van der Waals surface area contributed by atoms with E-state index < -0.39 is 5.97 Å². The lowest BCUT2D eigenvalue weighted by atomic mass is 10.0. The summed E-state index contributed by atoms with van der Waals surface area (Å²) in [5.74, 6) is -1.27. The van der Waals surface area contributed by atoms with E-state index in [9.17, 15) is 9.59 Å². The maximum absolute atomic E-state index is 11.6. The number of carbonyl (C=O) groups is 2. The second-order valence-electron chi connectivity index (χ2n) is 3.02. The molecule has 0 aliphatic heterocycles. The van der Waals surface area contributed by atoms with Gasteiger partial charge in [-0.1, -0.05) is 13.8 Å². The van der Waals surface area contributed by atoms with Gasteiger partial charge in [-0.2, -0.15) is 0 Å². The molecule has 0 amide bonds. The van der Waals surface area contributed by atoms with Crippen LogP contribution in [0, 0.1) is 5.92 Å². The van der Waals surface area contributed by atoms with E-state index in [4.69, 9.17) is 5.11 Å². The second-order valence-corrected chi connectivity index (χ2v) is 3.87. The number of aromatic carboxylic acids is 1. The number of rotatable bonds is 4.